The highest BCUT2D eigenvalue weighted by Crippen LogP contribution is 2.38. The van der Waals surface area contributed by atoms with E-state index in [-0.39, 0.29) is 6.10 Å². The molecule has 0 spiro atoms. The van der Waals surface area contributed by atoms with Crippen molar-refractivity contribution in [2.45, 2.75) is 43.9 Å². The van der Waals surface area contributed by atoms with Gasteiger partial charge in [0.05, 0.1) is 12.1 Å². The van der Waals surface area contributed by atoms with Gasteiger partial charge in [0.15, 0.2) is 0 Å². The Morgan fingerprint density at radius 1 is 1.13 bits per heavy atom. The molecule has 1 heterocycles. The number of pyridine rings is 1. The molecule has 0 radical (unpaired) electrons. The van der Waals surface area contributed by atoms with E-state index in [2.05, 4.69) is 9.88 Å². The maximum atomic E-state index is 9.76. The molecule has 1 N–H and O–H groups in total. The monoisotopic (exact) mass is 204 g/mol. The first kappa shape index (κ1) is 9.16. The van der Waals surface area contributed by atoms with Gasteiger partial charge in [0, 0.05) is 24.1 Å². The summed E-state index contributed by atoms with van der Waals surface area (Å²) in [6, 6.07) is 5.10. The third-order valence-electron chi connectivity index (χ3n) is 3.46. The van der Waals surface area contributed by atoms with Crippen LogP contribution in [0.25, 0.3) is 0 Å². The van der Waals surface area contributed by atoms with Crippen molar-refractivity contribution in [3.8, 4) is 0 Å². The molecule has 3 rings (SSSR count). The molecule has 0 aromatic carbocycles. The Hall–Kier alpha value is -1.09. The lowest BCUT2D eigenvalue weighted by Crippen LogP contribution is -2.51. The number of aliphatic hydroxyl groups excluding tert-OH is 1. The average molecular weight is 204 g/mol. The molecule has 0 bridgehead atoms. The first-order chi connectivity index (χ1) is 7.36. The molecule has 2 saturated carbocycles. The van der Waals surface area contributed by atoms with Crippen molar-refractivity contribution in [1.29, 1.82) is 0 Å². The number of hydrogen-bond donors (Lipinski definition) is 1. The molecular formula is C12H16N2O. The van der Waals surface area contributed by atoms with E-state index in [1.165, 1.54) is 18.5 Å². The van der Waals surface area contributed by atoms with Crippen molar-refractivity contribution < 1.29 is 5.11 Å². The minimum absolute atomic E-state index is 0.126. The number of anilines is 1. The van der Waals surface area contributed by atoms with Crippen LogP contribution in [0.4, 0.5) is 5.69 Å². The third-order valence-corrected chi connectivity index (χ3v) is 3.46. The van der Waals surface area contributed by atoms with Crippen LogP contribution in [0.1, 0.15) is 25.7 Å². The van der Waals surface area contributed by atoms with Crippen LogP contribution in [0.5, 0.6) is 0 Å². The van der Waals surface area contributed by atoms with Gasteiger partial charge in [-0.2, -0.15) is 0 Å². The third kappa shape index (κ3) is 1.61. The molecule has 3 heteroatoms. The Bertz CT molecular complexity index is 337. The fraction of sp³-hybridized carbons (Fsp3) is 0.583. The molecular weight excluding hydrogens is 188 g/mol. The van der Waals surface area contributed by atoms with E-state index in [1.54, 1.807) is 0 Å². The standard InChI is InChI=1S/C12H16N2O/c15-12-4-3-11(12)14(9-1-2-9)10-5-7-13-8-6-10/h5-9,11-12,15H,1-4H2. The van der Waals surface area contributed by atoms with Crippen LogP contribution in [-0.2, 0) is 0 Å². The van der Waals surface area contributed by atoms with E-state index >= 15 is 0 Å². The van der Waals surface area contributed by atoms with Gasteiger partial charge in [-0.25, -0.2) is 0 Å². The topological polar surface area (TPSA) is 36.4 Å². The van der Waals surface area contributed by atoms with Gasteiger partial charge in [-0.15, -0.1) is 0 Å². The highest BCUT2D eigenvalue weighted by atomic mass is 16.3. The Balaban J connectivity index is 1.84. The van der Waals surface area contributed by atoms with Crippen molar-refractivity contribution >= 4 is 5.69 Å². The van der Waals surface area contributed by atoms with Crippen LogP contribution in [0.15, 0.2) is 24.5 Å². The second-order valence-corrected chi connectivity index (χ2v) is 4.56. The fourth-order valence-electron chi connectivity index (χ4n) is 2.33. The smallest absolute Gasteiger partial charge is 0.0744 e. The highest BCUT2D eigenvalue weighted by Gasteiger charge is 2.41. The van der Waals surface area contributed by atoms with Crippen LogP contribution >= 0.6 is 0 Å². The Morgan fingerprint density at radius 3 is 2.33 bits per heavy atom. The Morgan fingerprint density at radius 2 is 1.87 bits per heavy atom. The maximum Gasteiger partial charge on any atom is 0.0744 e. The molecule has 0 saturated heterocycles. The van der Waals surface area contributed by atoms with E-state index in [1.807, 2.05) is 24.5 Å². The predicted molar refractivity (Wildman–Crippen MR) is 58.8 cm³/mol. The second-order valence-electron chi connectivity index (χ2n) is 4.56. The maximum absolute atomic E-state index is 9.76. The summed E-state index contributed by atoms with van der Waals surface area (Å²) in [4.78, 5) is 6.44. The number of rotatable bonds is 3. The predicted octanol–water partition coefficient (Wildman–Crippen LogP) is 1.57. The van der Waals surface area contributed by atoms with E-state index in [0.717, 1.165) is 12.8 Å². The molecule has 80 valence electrons. The van der Waals surface area contributed by atoms with Crippen molar-refractivity contribution in [3.63, 3.8) is 0 Å². The summed E-state index contributed by atoms with van der Waals surface area (Å²) in [6.07, 6.45) is 8.15. The number of aliphatic hydroxyl groups is 1. The van der Waals surface area contributed by atoms with Gasteiger partial charge >= 0.3 is 0 Å². The van der Waals surface area contributed by atoms with Crippen molar-refractivity contribution in [2.24, 2.45) is 0 Å². The molecule has 0 amide bonds. The number of aromatic nitrogens is 1. The molecule has 2 atom stereocenters. The lowest BCUT2D eigenvalue weighted by atomic mass is 9.87. The largest absolute Gasteiger partial charge is 0.391 e. The lowest BCUT2D eigenvalue weighted by Gasteiger charge is -2.43. The number of hydrogen-bond acceptors (Lipinski definition) is 3. The second kappa shape index (κ2) is 3.49. The van der Waals surface area contributed by atoms with E-state index in [4.69, 9.17) is 0 Å². The van der Waals surface area contributed by atoms with Gasteiger partial charge in [-0.3, -0.25) is 4.98 Å². The van der Waals surface area contributed by atoms with Gasteiger partial charge in [0.25, 0.3) is 0 Å². The molecule has 1 aromatic heterocycles. The fourth-order valence-corrected chi connectivity index (χ4v) is 2.33. The molecule has 0 aliphatic heterocycles. The van der Waals surface area contributed by atoms with Crippen LogP contribution in [-0.4, -0.2) is 28.3 Å². The van der Waals surface area contributed by atoms with E-state index in [0.29, 0.717) is 12.1 Å². The van der Waals surface area contributed by atoms with Crippen LogP contribution in [0.3, 0.4) is 0 Å². The van der Waals surface area contributed by atoms with Gasteiger partial charge in [0.1, 0.15) is 0 Å². The Kier molecular flexibility index (Phi) is 2.13. The van der Waals surface area contributed by atoms with Gasteiger partial charge in [-0.05, 0) is 37.8 Å². The van der Waals surface area contributed by atoms with Gasteiger partial charge in [-0.1, -0.05) is 0 Å². The summed E-state index contributed by atoms with van der Waals surface area (Å²) >= 11 is 0. The number of nitrogens with zero attached hydrogens (tertiary/aromatic N) is 2. The molecule has 3 nitrogen and oxygen atoms in total. The first-order valence-electron chi connectivity index (χ1n) is 5.72. The molecule has 2 aliphatic carbocycles. The summed E-state index contributed by atoms with van der Waals surface area (Å²) in [5.41, 5.74) is 1.22. The van der Waals surface area contributed by atoms with Crippen LogP contribution in [0.2, 0.25) is 0 Å². The van der Waals surface area contributed by atoms with Crippen LogP contribution < -0.4 is 4.90 Å². The minimum atomic E-state index is -0.126. The van der Waals surface area contributed by atoms with Gasteiger partial charge in [0.2, 0.25) is 0 Å². The van der Waals surface area contributed by atoms with E-state index in [9.17, 15) is 5.11 Å². The summed E-state index contributed by atoms with van der Waals surface area (Å²) in [7, 11) is 0. The quantitative estimate of drug-likeness (QED) is 0.812. The summed E-state index contributed by atoms with van der Waals surface area (Å²) in [5.74, 6) is 0. The summed E-state index contributed by atoms with van der Waals surface area (Å²) in [6.45, 7) is 0. The van der Waals surface area contributed by atoms with Gasteiger partial charge < -0.3 is 10.0 Å². The molecule has 2 aliphatic rings. The highest BCUT2D eigenvalue weighted by molar-refractivity contribution is 5.49. The molecule has 1 aromatic rings. The van der Waals surface area contributed by atoms with Crippen molar-refractivity contribution in [3.05, 3.63) is 24.5 Å². The summed E-state index contributed by atoms with van der Waals surface area (Å²) < 4.78 is 0. The van der Waals surface area contributed by atoms with E-state index < -0.39 is 0 Å². The summed E-state index contributed by atoms with van der Waals surface area (Å²) in [5, 5.41) is 9.76. The zero-order valence-electron chi connectivity index (χ0n) is 8.71. The molecule has 2 unspecified atom stereocenters. The minimum Gasteiger partial charge on any atom is -0.391 e. The average Bonchev–Trinajstić information content (AvgIpc) is 3.08. The van der Waals surface area contributed by atoms with Crippen molar-refractivity contribution in [1.82, 2.24) is 4.98 Å². The van der Waals surface area contributed by atoms with Crippen LogP contribution in [0, 0.1) is 0 Å². The molecule has 2 fully saturated rings. The molecule has 15 heavy (non-hydrogen) atoms. The first-order valence-corrected chi connectivity index (χ1v) is 5.72. The Labute approximate surface area is 89.7 Å². The zero-order chi connectivity index (χ0) is 10.3. The normalized spacial score (nSPS) is 29.7. The lowest BCUT2D eigenvalue weighted by molar-refractivity contribution is 0.0636. The van der Waals surface area contributed by atoms with Crippen molar-refractivity contribution in [2.75, 3.05) is 4.90 Å². The SMILES string of the molecule is OC1CCC1N(c1ccncc1)C1CC1. The zero-order valence-corrected chi connectivity index (χ0v) is 8.71.